The summed E-state index contributed by atoms with van der Waals surface area (Å²) in [6.07, 6.45) is 0. The van der Waals surface area contributed by atoms with Gasteiger partial charge in [0.1, 0.15) is 5.92 Å². The summed E-state index contributed by atoms with van der Waals surface area (Å²) in [5.41, 5.74) is 0.758. The molecule has 84 valence electrons. The van der Waals surface area contributed by atoms with E-state index in [1.165, 1.54) is 0 Å². The van der Waals surface area contributed by atoms with Gasteiger partial charge in [-0.25, -0.2) is 0 Å². The van der Waals surface area contributed by atoms with Gasteiger partial charge in [0.25, 0.3) is 0 Å². The monoisotopic (exact) mass is 328 g/mol. The highest BCUT2D eigenvalue weighted by Crippen LogP contribution is 2.19. The number of nitrogens with zero attached hydrogens (tertiary/aromatic N) is 1. The maximum Gasteiger partial charge on any atom is 0.242 e. The quantitative estimate of drug-likeness (QED) is 0.867. The van der Waals surface area contributed by atoms with Crippen molar-refractivity contribution in [1.82, 2.24) is 0 Å². The minimum absolute atomic E-state index is 0.0198. The van der Waals surface area contributed by atoms with Crippen molar-refractivity contribution in [2.24, 2.45) is 11.8 Å². The molecule has 1 N–H and O–H groups in total. The van der Waals surface area contributed by atoms with E-state index in [9.17, 15) is 4.79 Å². The first-order chi connectivity index (χ1) is 7.56. The zero-order chi connectivity index (χ0) is 12.1. The van der Waals surface area contributed by atoms with Gasteiger partial charge in [0.2, 0.25) is 5.91 Å². The van der Waals surface area contributed by atoms with Crippen LogP contribution < -0.4 is 5.32 Å². The van der Waals surface area contributed by atoms with Gasteiger partial charge in [-0.3, -0.25) is 4.79 Å². The zero-order valence-electron chi connectivity index (χ0n) is 9.20. The smallest absolute Gasteiger partial charge is 0.242 e. The Balaban J connectivity index is 2.79. The van der Waals surface area contributed by atoms with Crippen LogP contribution >= 0.6 is 22.6 Å². The summed E-state index contributed by atoms with van der Waals surface area (Å²) in [5.74, 6) is -0.816. The van der Waals surface area contributed by atoms with Gasteiger partial charge in [-0.05, 0) is 40.6 Å². The number of rotatable bonds is 3. The Labute approximate surface area is 109 Å². The summed E-state index contributed by atoms with van der Waals surface area (Å²) in [7, 11) is 0. The summed E-state index contributed by atoms with van der Waals surface area (Å²) in [6.45, 7) is 3.73. The minimum Gasteiger partial charge on any atom is -0.324 e. The molecule has 0 fully saturated rings. The fourth-order valence-corrected chi connectivity index (χ4v) is 1.81. The van der Waals surface area contributed by atoms with Crippen LogP contribution in [0.15, 0.2) is 24.3 Å². The first-order valence-corrected chi connectivity index (χ1v) is 6.09. The van der Waals surface area contributed by atoms with E-state index in [1.54, 1.807) is 0 Å². The molecular formula is C12H13IN2O. The largest absolute Gasteiger partial charge is 0.324 e. The van der Waals surface area contributed by atoms with Gasteiger partial charge < -0.3 is 5.32 Å². The lowest BCUT2D eigenvalue weighted by atomic mass is 9.96. The van der Waals surface area contributed by atoms with Crippen molar-refractivity contribution in [2.45, 2.75) is 13.8 Å². The predicted octanol–water partition coefficient (Wildman–Crippen LogP) is 3.03. The number of benzene rings is 1. The Morgan fingerprint density at radius 1 is 1.44 bits per heavy atom. The first-order valence-electron chi connectivity index (χ1n) is 5.01. The molecule has 0 saturated heterocycles. The molecule has 1 aromatic rings. The molecule has 0 aliphatic rings. The number of halogens is 1. The summed E-state index contributed by atoms with van der Waals surface area (Å²) < 4.78 is 0.967. The van der Waals surface area contributed by atoms with Crippen LogP contribution in [0.3, 0.4) is 0 Å². The molecule has 0 bridgehead atoms. The Morgan fingerprint density at radius 3 is 2.56 bits per heavy atom. The molecule has 4 heteroatoms. The summed E-state index contributed by atoms with van der Waals surface area (Å²) in [6, 6.07) is 9.52. The van der Waals surface area contributed by atoms with Gasteiger partial charge in [-0.1, -0.05) is 26.0 Å². The number of carbonyl (C=O) groups is 1. The van der Waals surface area contributed by atoms with Gasteiger partial charge in [0.05, 0.1) is 11.8 Å². The molecule has 0 heterocycles. The van der Waals surface area contributed by atoms with Crippen molar-refractivity contribution >= 4 is 34.2 Å². The third-order valence-corrected chi connectivity index (χ3v) is 3.16. The van der Waals surface area contributed by atoms with Crippen molar-refractivity contribution < 1.29 is 4.79 Å². The maximum atomic E-state index is 11.8. The number of hydrogen-bond acceptors (Lipinski definition) is 2. The number of para-hydroxylation sites is 1. The van der Waals surface area contributed by atoms with Gasteiger partial charge in [0.15, 0.2) is 0 Å². The summed E-state index contributed by atoms with van der Waals surface area (Å²) >= 11 is 2.15. The van der Waals surface area contributed by atoms with E-state index in [0.29, 0.717) is 0 Å². The van der Waals surface area contributed by atoms with Crippen molar-refractivity contribution in [3.8, 4) is 6.07 Å². The van der Waals surface area contributed by atoms with E-state index >= 15 is 0 Å². The Kier molecular flexibility index (Phi) is 4.74. The van der Waals surface area contributed by atoms with E-state index in [-0.39, 0.29) is 11.8 Å². The molecule has 3 nitrogen and oxygen atoms in total. The van der Waals surface area contributed by atoms with Crippen LogP contribution in [0, 0.1) is 26.7 Å². The van der Waals surface area contributed by atoms with E-state index in [4.69, 9.17) is 5.26 Å². The Bertz CT molecular complexity index is 423. The molecule has 1 rings (SSSR count). The lowest BCUT2D eigenvalue weighted by molar-refractivity contribution is -0.119. The van der Waals surface area contributed by atoms with Crippen LogP contribution in [-0.4, -0.2) is 5.91 Å². The number of nitriles is 1. The molecule has 0 aliphatic carbocycles. The zero-order valence-corrected chi connectivity index (χ0v) is 11.4. The second-order valence-electron chi connectivity index (χ2n) is 3.82. The second kappa shape index (κ2) is 5.85. The van der Waals surface area contributed by atoms with Crippen LogP contribution in [0.2, 0.25) is 0 Å². The normalized spacial score (nSPS) is 11.9. The number of carbonyl (C=O) groups excluding carboxylic acids is 1. The summed E-state index contributed by atoms with van der Waals surface area (Å²) in [4.78, 5) is 11.8. The van der Waals surface area contributed by atoms with Gasteiger partial charge >= 0.3 is 0 Å². The molecule has 1 unspecified atom stereocenters. The van der Waals surface area contributed by atoms with E-state index in [1.807, 2.05) is 44.2 Å². The highest BCUT2D eigenvalue weighted by molar-refractivity contribution is 14.1. The molecule has 0 aromatic heterocycles. The van der Waals surface area contributed by atoms with Crippen LogP contribution in [0.25, 0.3) is 0 Å². The predicted molar refractivity (Wildman–Crippen MR) is 71.7 cm³/mol. The van der Waals surface area contributed by atoms with Crippen molar-refractivity contribution in [1.29, 1.82) is 5.26 Å². The molecule has 0 radical (unpaired) electrons. The van der Waals surface area contributed by atoms with E-state index in [2.05, 4.69) is 27.9 Å². The van der Waals surface area contributed by atoms with E-state index in [0.717, 1.165) is 9.26 Å². The fourth-order valence-electron chi connectivity index (χ4n) is 1.28. The molecule has 0 aliphatic heterocycles. The lowest BCUT2D eigenvalue weighted by Crippen LogP contribution is -2.25. The molecule has 1 amide bonds. The SMILES string of the molecule is CC(C)C(C#N)C(=O)Nc1ccccc1I. The molecule has 16 heavy (non-hydrogen) atoms. The Hall–Kier alpha value is -1.09. The van der Waals surface area contributed by atoms with Gasteiger partial charge in [-0.2, -0.15) is 5.26 Å². The molecular weight excluding hydrogens is 315 g/mol. The Morgan fingerprint density at radius 2 is 2.06 bits per heavy atom. The molecule has 1 aromatic carbocycles. The third-order valence-electron chi connectivity index (χ3n) is 2.22. The first kappa shape index (κ1) is 13.0. The van der Waals surface area contributed by atoms with E-state index < -0.39 is 5.92 Å². The highest BCUT2D eigenvalue weighted by Gasteiger charge is 2.21. The number of hydrogen-bond donors (Lipinski definition) is 1. The topological polar surface area (TPSA) is 52.9 Å². The average molecular weight is 328 g/mol. The van der Waals surface area contributed by atoms with Crippen LogP contribution in [0.5, 0.6) is 0 Å². The number of anilines is 1. The second-order valence-corrected chi connectivity index (χ2v) is 4.98. The molecule has 1 atom stereocenters. The minimum atomic E-state index is -0.601. The fraction of sp³-hybridized carbons (Fsp3) is 0.333. The maximum absolute atomic E-state index is 11.8. The third kappa shape index (κ3) is 3.20. The van der Waals surface area contributed by atoms with Crippen molar-refractivity contribution in [3.05, 3.63) is 27.8 Å². The highest BCUT2D eigenvalue weighted by atomic mass is 127. The summed E-state index contributed by atoms with van der Waals surface area (Å²) in [5, 5.41) is 11.7. The van der Waals surface area contributed by atoms with Crippen LogP contribution in [0.1, 0.15) is 13.8 Å². The van der Waals surface area contributed by atoms with Crippen molar-refractivity contribution in [2.75, 3.05) is 5.32 Å². The average Bonchev–Trinajstić information content (AvgIpc) is 2.22. The molecule has 0 saturated carbocycles. The van der Waals surface area contributed by atoms with Crippen LogP contribution in [-0.2, 0) is 4.79 Å². The standard InChI is InChI=1S/C12H13IN2O/c1-8(2)9(7-14)12(16)15-11-6-4-3-5-10(11)13/h3-6,8-9H,1-2H3,(H,15,16). The van der Waals surface area contributed by atoms with Crippen LogP contribution in [0.4, 0.5) is 5.69 Å². The lowest BCUT2D eigenvalue weighted by Gasteiger charge is -2.13. The number of amides is 1. The van der Waals surface area contributed by atoms with Gasteiger partial charge in [0, 0.05) is 3.57 Å². The van der Waals surface area contributed by atoms with Gasteiger partial charge in [-0.15, -0.1) is 0 Å². The molecule has 0 spiro atoms. The number of nitrogens with one attached hydrogen (secondary N) is 1. The van der Waals surface area contributed by atoms with Crippen molar-refractivity contribution in [3.63, 3.8) is 0 Å².